The van der Waals surface area contributed by atoms with Crippen LogP contribution in [0, 0.1) is 0 Å². The molecule has 6 nitrogen and oxygen atoms in total. The third-order valence-electron chi connectivity index (χ3n) is 5.62. The van der Waals surface area contributed by atoms with Crippen LogP contribution < -0.4 is 9.64 Å². The largest absolute Gasteiger partial charge is 0.488 e. The maximum absolute atomic E-state index is 6.15. The van der Waals surface area contributed by atoms with E-state index in [-0.39, 0.29) is 5.60 Å². The molecule has 0 N–H and O–H groups in total. The van der Waals surface area contributed by atoms with E-state index in [1.165, 1.54) is 5.56 Å². The Balaban J connectivity index is 1.45. The molecule has 1 atom stereocenters. The number of aliphatic imine (C=N–C) groups is 1. The van der Waals surface area contributed by atoms with E-state index in [0.717, 1.165) is 61.1 Å². The summed E-state index contributed by atoms with van der Waals surface area (Å²) in [7, 11) is 0. The Bertz CT molecular complexity index is 907. The van der Waals surface area contributed by atoms with Crippen LogP contribution in [-0.4, -0.2) is 47.1 Å². The highest BCUT2D eigenvalue weighted by Crippen LogP contribution is 2.40. The zero-order valence-electron chi connectivity index (χ0n) is 15.8. The molecule has 2 fully saturated rings. The standard InChI is InChI=1S/C21H24N4O2/c1-14-12-26-8-7-25(14)19-10-18(23-13-24-19)20-17-9-16(27-21(2)5-6-21)4-3-15(17)11-22-20/h3-4,9-10,13-14H,5-8,11-12H2,1-2H3/t14-/m1/s1. The van der Waals surface area contributed by atoms with E-state index in [1.54, 1.807) is 6.33 Å². The lowest BCUT2D eigenvalue weighted by atomic mass is 10.0. The topological polar surface area (TPSA) is 59.8 Å². The molecule has 2 aromatic rings. The summed E-state index contributed by atoms with van der Waals surface area (Å²) in [5.41, 5.74) is 4.15. The van der Waals surface area contributed by atoms with Crippen molar-refractivity contribution < 1.29 is 9.47 Å². The van der Waals surface area contributed by atoms with Crippen LogP contribution in [0.1, 0.15) is 43.5 Å². The molecule has 6 heteroatoms. The fraction of sp³-hybridized carbons (Fsp3) is 0.476. The van der Waals surface area contributed by atoms with E-state index in [1.807, 2.05) is 6.07 Å². The maximum Gasteiger partial charge on any atom is 0.133 e. The van der Waals surface area contributed by atoms with Gasteiger partial charge in [0.25, 0.3) is 0 Å². The Morgan fingerprint density at radius 3 is 2.93 bits per heavy atom. The highest BCUT2D eigenvalue weighted by atomic mass is 16.5. The van der Waals surface area contributed by atoms with Crippen molar-refractivity contribution in [2.45, 2.75) is 44.9 Å². The number of nitrogens with zero attached hydrogens (tertiary/aromatic N) is 4. The van der Waals surface area contributed by atoms with E-state index in [4.69, 9.17) is 14.5 Å². The second-order valence-corrected chi connectivity index (χ2v) is 7.91. The first-order valence-electron chi connectivity index (χ1n) is 9.65. The number of benzene rings is 1. The van der Waals surface area contributed by atoms with Crippen molar-refractivity contribution in [1.82, 2.24) is 9.97 Å². The Morgan fingerprint density at radius 1 is 1.22 bits per heavy atom. The van der Waals surface area contributed by atoms with Crippen molar-refractivity contribution in [3.05, 3.63) is 47.4 Å². The smallest absolute Gasteiger partial charge is 0.133 e. The fourth-order valence-electron chi connectivity index (χ4n) is 3.71. The molecule has 1 aromatic heterocycles. The highest BCUT2D eigenvalue weighted by molar-refractivity contribution is 6.14. The molecule has 140 valence electrons. The minimum atomic E-state index is 0.0126. The number of fused-ring (bicyclic) bond motifs is 1. The molecule has 0 spiro atoms. The van der Waals surface area contributed by atoms with Gasteiger partial charge < -0.3 is 14.4 Å². The average molecular weight is 364 g/mol. The quantitative estimate of drug-likeness (QED) is 0.835. The summed E-state index contributed by atoms with van der Waals surface area (Å²) in [5, 5.41) is 0. The van der Waals surface area contributed by atoms with Gasteiger partial charge in [-0.05, 0) is 44.4 Å². The number of ether oxygens (including phenoxy) is 2. The first-order chi connectivity index (χ1) is 13.1. The van der Waals surface area contributed by atoms with Gasteiger partial charge in [0.05, 0.1) is 37.2 Å². The van der Waals surface area contributed by atoms with Crippen LogP contribution in [-0.2, 0) is 11.3 Å². The molecule has 0 radical (unpaired) electrons. The number of aromatic nitrogens is 2. The summed E-state index contributed by atoms with van der Waals surface area (Å²) in [4.78, 5) is 16.0. The lowest BCUT2D eigenvalue weighted by molar-refractivity contribution is 0.0985. The molecule has 1 aliphatic carbocycles. The van der Waals surface area contributed by atoms with Gasteiger partial charge in [-0.2, -0.15) is 0 Å². The van der Waals surface area contributed by atoms with E-state index in [9.17, 15) is 0 Å². The number of morpholine rings is 1. The van der Waals surface area contributed by atoms with Gasteiger partial charge in [0.1, 0.15) is 23.5 Å². The van der Waals surface area contributed by atoms with Crippen LogP contribution in [0.25, 0.3) is 0 Å². The molecule has 2 aliphatic heterocycles. The second-order valence-electron chi connectivity index (χ2n) is 7.91. The molecule has 0 unspecified atom stereocenters. The SMILES string of the molecule is C[C@@H]1COCCN1c1cc(C2=NCc3ccc(OC4(C)CC4)cc32)ncn1. The summed E-state index contributed by atoms with van der Waals surface area (Å²) in [6, 6.07) is 8.65. The number of rotatable bonds is 4. The third-order valence-corrected chi connectivity index (χ3v) is 5.62. The summed E-state index contributed by atoms with van der Waals surface area (Å²) >= 11 is 0. The van der Waals surface area contributed by atoms with E-state index < -0.39 is 0 Å². The number of hydrogen-bond acceptors (Lipinski definition) is 6. The lowest BCUT2D eigenvalue weighted by Crippen LogP contribution is -2.44. The minimum Gasteiger partial charge on any atom is -0.488 e. The maximum atomic E-state index is 6.15. The monoisotopic (exact) mass is 364 g/mol. The van der Waals surface area contributed by atoms with Gasteiger partial charge in [-0.15, -0.1) is 0 Å². The van der Waals surface area contributed by atoms with Crippen molar-refractivity contribution in [2.24, 2.45) is 4.99 Å². The van der Waals surface area contributed by atoms with E-state index in [2.05, 4.69) is 46.9 Å². The molecule has 0 amide bonds. The molecular weight excluding hydrogens is 340 g/mol. The van der Waals surface area contributed by atoms with Crippen molar-refractivity contribution in [3.63, 3.8) is 0 Å². The molecule has 1 saturated heterocycles. The molecular formula is C21H24N4O2. The highest BCUT2D eigenvalue weighted by Gasteiger charge is 2.40. The zero-order valence-corrected chi connectivity index (χ0v) is 15.8. The van der Waals surface area contributed by atoms with Gasteiger partial charge in [0, 0.05) is 18.2 Å². The van der Waals surface area contributed by atoms with Gasteiger partial charge in [-0.3, -0.25) is 4.99 Å². The minimum absolute atomic E-state index is 0.0126. The van der Waals surface area contributed by atoms with Gasteiger partial charge in [-0.1, -0.05) is 6.07 Å². The van der Waals surface area contributed by atoms with Crippen LogP contribution in [0.5, 0.6) is 5.75 Å². The third kappa shape index (κ3) is 3.18. The van der Waals surface area contributed by atoms with E-state index >= 15 is 0 Å². The van der Waals surface area contributed by atoms with Crippen LogP contribution in [0.15, 0.2) is 35.6 Å². The Morgan fingerprint density at radius 2 is 2.11 bits per heavy atom. The fourth-order valence-corrected chi connectivity index (χ4v) is 3.71. The van der Waals surface area contributed by atoms with Crippen LogP contribution >= 0.6 is 0 Å². The predicted molar refractivity (Wildman–Crippen MR) is 104 cm³/mol. The lowest BCUT2D eigenvalue weighted by Gasteiger charge is -2.34. The summed E-state index contributed by atoms with van der Waals surface area (Å²) in [6.07, 6.45) is 3.88. The van der Waals surface area contributed by atoms with Crippen LogP contribution in [0.3, 0.4) is 0 Å². The Labute approximate surface area is 159 Å². The molecule has 3 aliphatic rings. The Kier molecular flexibility index (Phi) is 3.90. The van der Waals surface area contributed by atoms with Gasteiger partial charge in [-0.25, -0.2) is 9.97 Å². The van der Waals surface area contributed by atoms with Gasteiger partial charge in [0.15, 0.2) is 0 Å². The molecule has 27 heavy (non-hydrogen) atoms. The average Bonchev–Trinajstić information content (AvgIpc) is 3.25. The summed E-state index contributed by atoms with van der Waals surface area (Å²) < 4.78 is 11.7. The summed E-state index contributed by atoms with van der Waals surface area (Å²) in [6.45, 7) is 7.31. The van der Waals surface area contributed by atoms with E-state index in [0.29, 0.717) is 12.6 Å². The first-order valence-corrected chi connectivity index (χ1v) is 9.65. The molecule has 3 heterocycles. The van der Waals surface area contributed by atoms with Gasteiger partial charge in [0.2, 0.25) is 0 Å². The first kappa shape index (κ1) is 16.7. The number of hydrogen-bond donors (Lipinski definition) is 0. The molecule has 0 bridgehead atoms. The van der Waals surface area contributed by atoms with Crippen molar-refractivity contribution in [2.75, 3.05) is 24.7 Å². The van der Waals surface area contributed by atoms with Crippen LogP contribution in [0.4, 0.5) is 5.82 Å². The normalized spacial score (nSPS) is 23.0. The number of anilines is 1. The summed E-state index contributed by atoms with van der Waals surface area (Å²) in [5.74, 6) is 1.85. The Hall–Kier alpha value is -2.47. The molecule has 1 aromatic carbocycles. The van der Waals surface area contributed by atoms with Crippen molar-refractivity contribution >= 4 is 11.5 Å². The van der Waals surface area contributed by atoms with Crippen LogP contribution in [0.2, 0.25) is 0 Å². The second kappa shape index (κ2) is 6.30. The van der Waals surface area contributed by atoms with Crippen molar-refractivity contribution in [1.29, 1.82) is 0 Å². The van der Waals surface area contributed by atoms with Crippen molar-refractivity contribution in [3.8, 4) is 5.75 Å². The van der Waals surface area contributed by atoms with Gasteiger partial charge >= 0.3 is 0 Å². The zero-order chi connectivity index (χ0) is 18.4. The molecule has 1 saturated carbocycles. The molecule has 5 rings (SSSR count). The predicted octanol–water partition coefficient (Wildman–Crippen LogP) is 2.98.